The summed E-state index contributed by atoms with van der Waals surface area (Å²) in [6.07, 6.45) is 4.89. The molecule has 0 amide bonds. The molecule has 3 aliphatic rings. The fourth-order valence-corrected chi connectivity index (χ4v) is 5.36. The van der Waals surface area contributed by atoms with Crippen molar-refractivity contribution in [2.24, 2.45) is 22.7 Å². The van der Waals surface area contributed by atoms with Gasteiger partial charge in [-0.2, -0.15) is 0 Å². The van der Waals surface area contributed by atoms with Gasteiger partial charge in [0.25, 0.3) is 0 Å². The molecule has 24 heavy (non-hydrogen) atoms. The zero-order chi connectivity index (χ0) is 17.9. The molecule has 0 aliphatic heterocycles. The highest BCUT2D eigenvalue weighted by molar-refractivity contribution is 6.23. The number of hydrogen-bond acceptors (Lipinski definition) is 3. The maximum Gasteiger partial charge on any atom is 0.309 e. The molecule has 1 unspecified atom stereocenters. The lowest BCUT2D eigenvalue weighted by molar-refractivity contribution is -0.159. The van der Waals surface area contributed by atoms with E-state index in [1.807, 2.05) is 27.7 Å². The summed E-state index contributed by atoms with van der Waals surface area (Å²) in [6, 6.07) is 0. The lowest BCUT2D eigenvalue weighted by atomic mass is 9.48. The minimum absolute atomic E-state index is 0.00174. The van der Waals surface area contributed by atoms with E-state index in [4.69, 9.17) is 0 Å². The van der Waals surface area contributed by atoms with E-state index in [9.17, 15) is 19.5 Å². The number of hydrogen-bond donors (Lipinski definition) is 1. The van der Waals surface area contributed by atoms with E-state index in [2.05, 4.69) is 0 Å². The van der Waals surface area contributed by atoms with E-state index in [0.717, 1.165) is 12.8 Å². The van der Waals surface area contributed by atoms with Crippen LogP contribution in [0, 0.1) is 22.7 Å². The molecule has 0 bridgehead atoms. The fourth-order valence-electron chi connectivity index (χ4n) is 5.36. The predicted molar refractivity (Wildman–Crippen MR) is 90.4 cm³/mol. The van der Waals surface area contributed by atoms with Crippen molar-refractivity contribution in [1.29, 1.82) is 0 Å². The van der Waals surface area contributed by atoms with Crippen LogP contribution in [0.3, 0.4) is 0 Å². The summed E-state index contributed by atoms with van der Waals surface area (Å²) in [5, 5.41) is 9.80. The van der Waals surface area contributed by atoms with Crippen LogP contribution in [0.15, 0.2) is 22.8 Å². The molecule has 1 N–H and O–H groups in total. The van der Waals surface area contributed by atoms with Gasteiger partial charge in [-0.15, -0.1) is 0 Å². The fraction of sp³-hybridized carbons (Fsp3) is 0.650. The third-order valence-electron chi connectivity index (χ3n) is 6.67. The molecule has 4 nitrogen and oxygen atoms in total. The number of carboxylic acids is 1. The lowest BCUT2D eigenvalue weighted by Gasteiger charge is -2.54. The molecule has 1 fully saturated rings. The number of carbonyl (C=O) groups is 3. The minimum Gasteiger partial charge on any atom is -0.481 e. The number of allylic oxidation sites excluding steroid dienone is 4. The average molecular weight is 330 g/mol. The number of carbonyl (C=O) groups excluding carboxylic acids is 2. The number of Topliss-reactive ketones (excluding diaryl/α,β-unsaturated/α-hetero) is 1. The molecule has 130 valence electrons. The number of aliphatic carboxylic acids is 1. The Morgan fingerprint density at radius 1 is 1.25 bits per heavy atom. The molecule has 0 saturated heterocycles. The molecular weight excluding hydrogens is 304 g/mol. The first kappa shape index (κ1) is 17.1. The number of fused-ring (bicyclic) bond motifs is 2. The van der Waals surface area contributed by atoms with Gasteiger partial charge >= 0.3 is 5.97 Å². The van der Waals surface area contributed by atoms with Crippen LogP contribution in [-0.4, -0.2) is 22.6 Å². The normalized spacial score (nSPS) is 36.4. The molecule has 0 aromatic carbocycles. The largest absolute Gasteiger partial charge is 0.481 e. The molecule has 3 rings (SSSR count). The van der Waals surface area contributed by atoms with Crippen LogP contribution in [0.25, 0.3) is 0 Å². The van der Waals surface area contributed by atoms with Crippen LogP contribution < -0.4 is 0 Å². The van der Waals surface area contributed by atoms with Crippen molar-refractivity contribution in [3.8, 4) is 0 Å². The highest BCUT2D eigenvalue weighted by Crippen LogP contribution is 2.60. The van der Waals surface area contributed by atoms with Crippen molar-refractivity contribution < 1.29 is 19.5 Å². The molecule has 0 radical (unpaired) electrons. The van der Waals surface area contributed by atoms with Crippen LogP contribution in [0.1, 0.15) is 59.8 Å². The summed E-state index contributed by atoms with van der Waals surface area (Å²) < 4.78 is 0. The molecule has 3 atom stereocenters. The van der Waals surface area contributed by atoms with Crippen LogP contribution >= 0.6 is 0 Å². The topological polar surface area (TPSA) is 71.4 Å². The Bertz CT molecular complexity index is 696. The summed E-state index contributed by atoms with van der Waals surface area (Å²) in [5.74, 6) is -0.926. The van der Waals surface area contributed by atoms with Crippen LogP contribution in [-0.2, 0) is 14.4 Å². The maximum absolute atomic E-state index is 12.9. The van der Waals surface area contributed by atoms with E-state index >= 15 is 0 Å². The van der Waals surface area contributed by atoms with Gasteiger partial charge in [-0.1, -0.05) is 27.2 Å². The summed E-state index contributed by atoms with van der Waals surface area (Å²) >= 11 is 0. The monoisotopic (exact) mass is 330 g/mol. The Balaban J connectivity index is 2.12. The second-order valence-corrected chi connectivity index (χ2v) is 8.39. The quantitative estimate of drug-likeness (QED) is 0.784. The molecule has 0 aromatic rings. The van der Waals surface area contributed by atoms with E-state index in [-0.39, 0.29) is 23.4 Å². The summed E-state index contributed by atoms with van der Waals surface area (Å²) in [6.45, 7) is 7.68. The SMILES string of the molecule is CC(C)C1=CC(=O)C2=C(CCC3[C@](C)(C(=O)O)CCC[C@]23C)C1=O. The van der Waals surface area contributed by atoms with Crippen molar-refractivity contribution in [2.45, 2.75) is 59.8 Å². The zero-order valence-corrected chi connectivity index (χ0v) is 14.9. The summed E-state index contributed by atoms with van der Waals surface area (Å²) in [4.78, 5) is 37.7. The Morgan fingerprint density at radius 2 is 1.92 bits per heavy atom. The Morgan fingerprint density at radius 3 is 2.50 bits per heavy atom. The molecule has 0 aromatic heterocycles. The zero-order valence-electron chi connectivity index (χ0n) is 14.9. The van der Waals surface area contributed by atoms with Gasteiger partial charge in [0.15, 0.2) is 11.6 Å². The second kappa shape index (κ2) is 5.40. The molecular formula is C20H26O4. The third-order valence-corrected chi connectivity index (χ3v) is 6.67. The Hall–Kier alpha value is -1.71. The van der Waals surface area contributed by atoms with Gasteiger partial charge in [0.2, 0.25) is 0 Å². The van der Waals surface area contributed by atoms with Crippen molar-refractivity contribution in [3.05, 3.63) is 22.8 Å². The second-order valence-electron chi connectivity index (χ2n) is 8.39. The van der Waals surface area contributed by atoms with E-state index in [1.54, 1.807) is 0 Å². The van der Waals surface area contributed by atoms with Crippen molar-refractivity contribution >= 4 is 17.5 Å². The summed E-state index contributed by atoms with van der Waals surface area (Å²) in [5.41, 5.74) is 0.527. The molecule has 3 aliphatic carbocycles. The van der Waals surface area contributed by atoms with Crippen LogP contribution in [0.4, 0.5) is 0 Å². The van der Waals surface area contributed by atoms with Gasteiger partial charge in [-0.25, -0.2) is 0 Å². The van der Waals surface area contributed by atoms with Crippen molar-refractivity contribution in [3.63, 3.8) is 0 Å². The van der Waals surface area contributed by atoms with Crippen LogP contribution in [0.2, 0.25) is 0 Å². The number of rotatable bonds is 2. The van der Waals surface area contributed by atoms with Gasteiger partial charge in [0.1, 0.15) is 0 Å². The third kappa shape index (κ3) is 2.15. The van der Waals surface area contributed by atoms with E-state index in [0.29, 0.717) is 36.0 Å². The van der Waals surface area contributed by atoms with Crippen molar-refractivity contribution in [2.75, 3.05) is 0 Å². The Kier molecular flexibility index (Phi) is 3.85. The first-order chi connectivity index (χ1) is 11.1. The van der Waals surface area contributed by atoms with E-state index < -0.39 is 16.8 Å². The predicted octanol–water partition coefficient (Wildman–Crippen LogP) is 3.71. The van der Waals surface area contributed by atoms with Crippen LogP contribution in [0.5, 0.6) is 0 Å². The molecule has 1 saturated carbocycles. The minimum atomic E-state index is -0.823. The summed E-state index contributed by atoms with van der Waals surface area (Å²) in [7, 11) is 0. The van der Waals surface area contributed by atoms with Gasteiger partial charge < -0.3 is 5.11 Å². The number of carboxylic acid groups (broad SMARTS) is 1. The van der Waals surface area contributed by atoms with Crippen molar-refractivity contribution in [1.82, 2.24) is 0 Å². The van der Waals surface area contributed by atoms with Gasteiger partial charge in [0, 0.05) is 22.1 Å². The smallest absolute Gasteiger partial charge is 0.309 e. The maximum atomic E-state index is 12.9. The van der Waals surface area contributed by atoms with Gasteiger partial charge in [-0.3, -0.25) is 14.4 Å². The first-order valence-corrected chi connectivity index (χ1v) is 8.90. The van der Waals surface area contributed by atoms with Gasteiger partial charge in [0.05, 0.1) is 5.41 Å². The number of ketones is 2. The standard InChI is InChI=1S/C20H26O4/c1-11(2)13-10-14(21)16-12(17(13)22)6-7-15-19(16,3)8-5-9-20(15,4)18(23)24/h10-11,15H,5-9H2,1-4H3,(H,23,24)/t15?,19-,20+/m0/s1. The molecule has 0 heterocycles. The van der Waals surface area contributed by atoms with Gasteiger partial charge in [-0.05, 0) is 50.5 Å². The highest BCUT2D eigenvalue weighted by Gasteiger charge is 2.58. The highest BCUT2D eigenvalue weighted by atomic mass is 16.4. The molecule has 0 spiro atoms. The first-order valence-electron chi connectivity index (χ1n) is 8.90. The lowest BCUT2D eigenvalue weighted by Crippen LogP contribution is -2.52. The molecule has 4 heteroatoms. The average Bonchev–Trinajstić information content (AvgIpc) is 2.49. The Labute approximate surface area is 143 Å². The van der Waals surface area contributed by atoms with E-state index in [1.165, 1.54) is 6.08 Å².